The van der Waals surface area contributed by atoms with Crippen LogP contribution in [-0.2, 0) is 17.9 Å². The molecule has 0 aliphatic heterocycles. The van der Waals surface area contributed by atoms with Gasteiger partial charge in [-0.3, -0.25) is 4.79 Å². The Bertz CT molecular complexity index is 910. The first-order valence-corrected chi connectivity index (χ1v) is 9.91. The van der Waals surface area contributed by atoms with Gasteiger partial charge in [0.25, 0.3) is 0 Å². The van der Waals surface area contributed by atoms with E-state index >= 15 is 0 Å². The highest BCUT2D eigenvalue weighted by atomic mass is 32.1. The normalized spacial score (nSPS) is 10.7. The molecule has 0 radical (unpaired) electrons. The molecule has 0 unspecified atom stereocenters. The van der Waals surface area contributed by atoms with Gasteiger partial charge in [-0.25, -0.2) is 0 Å². The lowest BCUT2D eigenvalue weighted by Crippen LogP contribution is -2.33. The molecule has 0 aliphatic rings. The second-order valence-electron chi connectivity index (χ2n) is 5.95. The van der Waals surface area contributed by atoms with Crippen LogP contribution < -0.4 is 9.47 Å². The minimum absolute atomic E-state index is 0.0420. The number of tetrazole rings is 1. The molecule has 0 fully saturated rings. The molecule has 0 saturated carbocycles. The molecule has 3 aromatic rings. The van der Waals surface area contributed by atoms with Gasteiger partial charge in [-0.15, -0.1) is 21.5 Å². The minimum atomic E-state index is -0.0783. The third-order valence-corrected chi connectivity index (χ3v) is 4.97. The summed E-state index contributed by atoms with van der Waals surface area (Å²) in [5, 5.41) is 14.3. The maximum Gasteiger partial charge on any atom is 0.246 e. The number of carbonyl (C=O) groups is 1. The molecule has 0 saturated heterocycles. The van der Waals surface area contributed by atoms with Crippen LogP contribution in [0.2, 0.25) is 0 Å². The molecule has 9 heteroatoms. The molecule has 148 valence electrons. The maximum atomic E-state index is 12.7. The summed E-state index contributed by atoms with van der Waals surface area (Å²) in [7, 11) is 1.60. The Hall–Kier alpha value is -2.94. The largest absolute Gasteiger partial charge is 0.493 e. The Balaban J connectivity index is 1.67. The number of hydrogen-bond donors (Lipinski definition) is 0. The number of methoxy groups -OCH3 is 1. The molecule has 1 aromatic carbocycles. The Morgan fingerprint density at radius 3 is 2.79 bits per heavy atom. The van der Waals surface area contributed by atoms with Crippen molar-refractivity contribution >= 4 is 17.2 Å². The van der Waals surface area contributed by atoms with Crippen molar-refractivity contribution in [2.45, 2.75) is 26.9 Å². The van der Waals surface area contributed by atoms with Crippen molar-refractivity contribution in [3.8, 4) is 22.2 Å². The average Bonchev–Trinajstić information content (AvgIpc) is 3.39. The zero-order valence-corrected chi connectivity index (χ0v) is 17.0. The van der Waals surface area contributed by atoms with E-state index in [4.69, 9.17) is 9.47 Å². The van der Waals surface area contributed by atoms with Crippen molar-refractivity contribution in [3.63, 3.8) is 0 Å². The molecule has 8 nitrogen and oxygen atoms in total. The number of nitrogens with zero attached hydrogens (tertiary/aromatic N) is 5. The smallest absolute Gasteiger partial charge is 0.246 e. The van der Waals surface area contributed by atoms with Crippen LogP contribution in [0.25, 0.3) is 10.7 Å². The number of likely N-dealkylation sites (N-methyl/N-ethyl adjacent to an activating group) is 1. The second kappa shape index (κ2) is 9.32. The van der Waals surface area contributed by atoms with Crippen LogP contribution in [0.15, 0.2) is 35.7 Å². The fraction of sp³-hybridized carbons (Fsp3) is 0.368. The molecule has 0 aliphatic carbocycles. The first-order valence-electron chi connectivity index (χ1n) is 9.03. The van der Waals surface area contributed by atoms with E-state index in [0.29, 0.717) is 37.0 Å². The number of carbonyl (C=O) groups excluding carboxylic acids is 1. The monoisotopic (exact) mass is 401 g/mol. The fourth-order valence-corrected chi connectivity index (χ4v) is 3.37. The van der Waals surface area contributed by atoms with Crippen molar-refractivity contribution in [2.24, 2.45) is 0 Å². The van der Waals surface area contributed by atoms with Gasteiger partial charge in [0.2, 0.25) is 11.7 Å². The van der Waals surface area contributed by atoms with E-state index in [1.165, 1.54) is 16.1 Å². The maximum absolute atomic E-state index is 12.7. The van der Waals surface area contributed by atoms with Gasteiger partial charge in [0, 0.05) is 13.1 Å². The summed E-state index contributed by atoms with van der Waals surface area (Å²) in [5.74, 6) is 1.80. The molecule has 1 amide bonds. The van der Waals surface area contributed by atoms with Gasteiger partial charge < -0.3 is 14.4 Å². The van der Waals surface area contributed by atoms with Crippen molar-refractivity contribution in [1.82, 2.24) is 25.1 Å². The topological polar surface area (TPSA) is 82.4 Å². The summed E-state index contributed by atoms with van der Waals surface area (Å²) >= 11 is 1.53. The van der Waals surface area contributed by atoms with Gasteiger partial charge in [-0.05, 0) is 48.2 Å². The molecule has 3 rings (SSSR count). The Labute approximate surface area is 167 Å². The highest BCUT2D eigenvalue weighted by molar-refractivity contribution is 7.13. The molecular formula is C19H23N5O3S. The lowest BCUT2D eigenvalue weighted by atomic mass is 10.2. The molecule has 0 N–H and O–H groups in total. The summed E-state index contributed by atoms with van der Waals surface area (Å²) < 4.78 is 10.9. The van der Waals surface area contributed by atoms with E-state index in [9.17, 15) is 4.79 Å². The van der Waals surface area contributed by atoms with Crippen LogP contribution in [0.3, 0.4) is 0 Å². The fourth-order valence-electron chi connectivity index (χ4n) is 2.72. The van der Waals surface area contributed by atoms with Gasteiger partial charge in [0.05, 0.1) is 18.6 Å². The number of benzene rings is 1. The lowest BCUT2D eigenvalue weighted by molar-refractivity contribution is -0.132. The van der Waals surface area contributed by atoms with Crippen molar-refractivity contribution in [1.29, 1.82) is 0 Å². The summed E-state index contributed by atoms with van der Waals surface area (Å²) in [6, 6.07) is 9.54. The summed E-state index contributed by atoms with van der Waals surface area (Å²) in [6.07, 6.45) is 0. The Kier molecular flexibility index (Phi) is 6.59. The van der Waals surface area contributed by atoms with Gasteiger partial charge in [0.1, 0.15) is 6.54 Å². The van der Waals surface area contributed by atoms with Crippen LogP contribution in [-0.4, -0.2) is 51.3 Å². The van der Waals surface area contributed by atoms with Crippen molar-refractivity contribution in [2.75, 3.05) is 20.3 Å². The number of thiophene rings is 1. The van der Waals surface area contributed by atoms with Gasteiger partial charge in [0.15, 0.2) is 11.5 Å². The summed E-state index contributed by atoms with van der Waals surface area (Å²) in [6.45, 7) is 5.50. The van der Waals surface area contributed by atoms with Gasteiger partial charge in [-0.1, -0.05) is 12.1 Å². The zero-order valence-electron chi connectivity index (χ0n) is 16.2. The Morgan fingerprint density at radius 2 is 2.11 bits per heavy atom. The Morgan fingerprint density at radius 1 is 1.25 bits per heavy atom. The van der Waals surface area contributed by atoms with E-state index in [-0.39, 0.29) is 12.5 Å². The number of ether oxygens (including phenoxy) is 2. The summed E-state index contributed by atoms with van der Waals surface area (Å²) in [4.78, 5) is 16.7. The highest BCUT2D eigenvalue weighted by Gasteiger charge is 2.16. The van der Waals surface area contributed by atoms with Gasteiger partial charge in [-0.2, -0.15) is 4.80 Å². The molecule has 2 aromatic heterocycles. The molecular weight excluding hydrogens is 378 g/mol. The van der Waals surface area contributed by atoms with Crippen LogP contribution in [0, 0.1) is 0 Å². The summed E-state index contributed by atoms with van der Waals surface area (Å²) in [5.41, 5.74) is 0.960. The molecule has 0 atom stereocenters. The standard InChI is InChI=1S/C19H23N5O3S/c1-4-23(12-14-8-9-15(27-5-2)16(11-14)26-3)18(25)13-24-21-19(20-22-24)17-7-6-10-28-17/h6-11H,4-5,12-13H2,1-3H3. The quantitative estimate of drug-likeness (QED) is 0.548. The van der Waals surface area contributed by atoms with Crippen LogP contribution in [0.4, 0.5) is 0 Å². The zero-order chi connectivity index (χ0) is 19.9. The number of hydrogen-bond acceptors (Lipinski definition) is 7. The third kappa shape index (κ3) is 4.66. The van der Waals surface area contributed by atoms with Crippen molar-refractivity contribution < 1.29 is 14.3 Å². The van der Waals surface area contributed by atoms with E-state index < -0.39 is 0 Å². The van der Waals surface area contributed by atoms with E-state index in [1.807, 2.05) is 49.6 Å². The second-order valence-corrected chi connectivity index (χ2v) is 6.89. The first kappa shape index (κ1) is 19.8. The molecule has 0 bridgehead atoms. The van der Waals surface area contributed by atoms with E-state index in [0.717, 1.165) is 10.4 Å². The number of aromatic nitrogens is 4. The minimum Gasteiger partial charge on any atom is -0.493 e. The highest BCUT2D eigenvalue weighted by Crippen LogP contribution is 2.28. The first-order chi connectivity index (χ1) is 13.6. The van der Waals surface area contributed by atoms with E-state index in [2.05, 4.69) is 15.4 Å². The van der Waals surface area contributed by atoms with Gasteiger partial charge >= 0.3 is 0 Å². The van der Waals surface area contributed by atoms with Crippen LogP contribution >= 0.6 is 11.3 Å². The van der Waals surface area contributed by atoms with Crippen LogP contribution in [0.1, 0.15) is 19.4 Å². The molecule has 0 spiro atoms. The SMILES string of the molecule is CCOc1ccc(CN(CC)C(=O)Cn2nnc(-c3cccs3)n2)cc1OC. The molecule has 28 heavy (non-hydrogen) atoms. The molecule has 2 heterocycles. The van der Waals surface area contributed by atoms with Crippen LogP contribution in [0.5, 0.6) is 11.5 Å². The lowest BCUT2D eigenvalue weighted by Gasteiger charge is -2.21. The average molecular weight is 401 g/mol. The predicted octanol–water partition coefficient (Wildman–Crippen LogP) is 2.86. The third-order valence-electron chi connectivity index (χ3n) is 4.11. The number of amides is 1. The van der Waals surface area contributed by atoms with Crippen molar-refractivity contribution in [3.05, 3.63) is 41.3 Å². The van der Waals surface area contributed by atoms with E-state index in [1.54, 1.807) is 12.0 Å². The predicted molar refractivity (Wildman–Crippen MR) is 106 cm³/mol. The number of rotatable bonds is 9.